The fraction of sp³-hybridized carbons (Fsp3) is 0.944. The molecule has 0 radical (unpaired) electrons. The number of ether oxygens (including phenoxy) is 1. The van der Waals surface area contributed by atoms with E-state index >= 15 is 0 Å². The third kappa shape index (κ3) is 2.92. The molecule has 4 fully saturated rings. The fourth-order valence-corrected chi connectivity index (χ4v) is 5.59. The molecule has 5 nitrogen and oxygen atoms in total. The van der Waals surface area contributed by atoms with Crippen molar-refractivity contribution in [2.24, 2.45) is 23.5 Å². The van der Waals surface area contributed by atoms with Gasteiger partial charge in [-0.25, -0.2) is 10.0 Å². The Hall–Kier alpha value is -0.650. The van der Waals surface area contributed by atoms with E-state index in [4.69, 9.17) is 10.5 Å². The van der Waals surface area contributed by atoms with E-state index in [1.165, 1.54) is 38.5 Å². The quantitative estimate of drug-likeness (QED) is 0.861. The second-order valence-corrected chi connectivity index (χ2v) is 8.09. The van der Waals surface area contributed by atoms with Gasteiger partial charge in [0.2, 0.25) is 5.91 Å². The Morgan fingerprint density at radius 2 is 1.74 bits per heavy atom. The third-order valence-corrected chi connectivity index (χ3v) is 6.86. The van der Waals surface area contributed by atoms with Gasteiger partial charge in [-0.1, -0.05) is 32.1 Å². The molecule has 1 spiro atoms. The maximum Gasteiger partial charge on any atom is 0.220 e. The molecule has 4 rings (SSSR count). The minimum atomic E-state index is -0.0831. The number of amides is 1. The summed E-state index contributed by atoms with van der Waals surface area (Å²) >= 11 is 0. The van der Waals surface area contributed by atoms with Gasteiger partial charge in [0.25, 0.3) is 0 Å². The van der Waals surface area contributed by atoms with Crippen LogP contribution in [0.4, 0.5) is 0 Å². The lowest BCUT2D eigenvalue weighted by Gasteiger charge is -2.48. The van der Waals surface area contributed by atoms with Gasteiger partial charge in [0, 0.05) is 31.1 Å². The van der Waals surface area contributed by atoms with E-state index in [9.17, 15) is 4.79 Å². The second kappa shape index (κ2) is 6.34. The molecule has 3 unspecified atom stereocenters. The lowest BCUT2D eigenvalue weighted by atomic mass is 9.80. The highest BCUT2D eigenvalue weighted by Crippen LogP contribution is 2.61. The fourth-order valence-electron chi connectivity index (χ4n) is 5.59. The first kappa shape index (κ1) is 15.9. The average Bonchev–Trinajstić information content (AvgIpc) is 3.30. The summed E-state index contributed by atoms with van der Waals surface area (Å²) < 4.78 is 5.54. The molecule has 130 valence electrons. The van der Waals surface area contributed by atoms with Crippen LogP contribution in [0.15, 0.2) is 0 Å². The molecule has 0 aromatic rings. The van der Waals surface area contributed by atoms with Gasteiger partial charge < -0.3 is 10.5 Å². The van der Waals surface area contributed by atoms with E-state index in [0.29, 0.717) is 0 Å². The van der Waals surface area contributed by atoms with Crippen LogP contribution in [-0.2, 0) is 9.53 Å². The maximum atomic E-state index is 11.8. The smallest absolute Gasteiger partial charge is 0.220 e. The predicted molar refractivity (Wildman–Crippen MR) is 88.4 cm³/mol. The van der Waals surface area contributed by atoms with Crippen molar-refractivity contribution < 1.29 is 9.53 Å². The van der Waals surface area contributed by atoms with Crippen LogP contribution in [-0.4, -0.2) is 54.3 Å². The van der Waals surface area contributed by atoms with Crippen molar-refractivity contribution in [3.05, 3.63) is 0 Å². The molecular formula is C18H31N3O2. The zero-order chi connectivity index (χ0) is 15.9. The molecule has 2 heterocycles. The number of rotatable bonds is 3. The molecule has 4 aliphatic rings. The first-order valence-electron chi connectivity index (χ1n) is 9.60. The highest BCUT2D eigenvalue weighted by molar-refractivity contribution is 5.77. The van der Waals surface area contributed by atoms with Gasteiger partial charge in [0.1, 0.15) is 0 Å². The molecule has 0 bridgehead atoms. The first-order valence-corrected chi connectivity index (χ1v) is 9.60. The molecule has 0 aromatic heterocycles. The minimum absolute atomic E-state index is 0.0831. The Kier molecular flexibility index (Phi) is 4.37. The summed E-state index contributed by atoms with van der Waals surface area (Å²) in [5.41, 5.74) is 5.91. The maximum absolute atomic E-state index is 11.8. The number of nitrogens with two attached hydrogens (primary N) is 1. The Balaban J connectivity index is 1.52. The second-order valence-electron chi connectivity index (χ2n) is 8.09. The third-order valence-electron chi connectivity index (χ3n) is 6.86. The zero-order valence-electron chi connectivity index (χ0n) is 14.2. The van der Waals surface area contributed by atoms with Gasteiger partial charge in [-0.3, -0.25) is 4.79 Å². The van der Waals surface area contributed by atoms with Crippen molar-refractivity contribution in [1.82, 2.24) is 10.0 Å². The SMILES string of the molecule is NC(=O)C1CCN(N2CCOCC2)C2(C1)CC2C1CCCCC1. The lowest BCUT2D eigenvalue weighted by molar-refractivity contribution is -0.152. The van der Waals surface area contributed by atoms with Crippen molar-refractivity contribution in [3.8, 4) is 0 Å². The Morgan fingerprint density at radius 3 is 2.43 bits per heavy atom. The molecule has 1 amide bonds. The van der Waals surface area contributed by atoms with Crippen molar-refractivity contribution in [1.29, 1.82) is 0 Å². The van der Waals surface area contributed by atoms with Crippen LogP contribution in [0.5, 0.6) is 0 Å². The zero-order valence-corrected chi connectivity index (χ0v) is 14.2. The van der Waals surface area contributed by atoms with Gasteiger partial charge in [-0.15, -0.1) is 0 Å². The number of nitrogens with zero attached hydrogens (tertiary/aromatic N) is 2. The molecule has 2 aliphatic carbocycles. The highest BCUT2D eigenvalue weighted by atomic mass is 16.5. The van der Waals surface area contributed by atoms with E-state index in [1.54, 1.807) is 0 Å². The molecular weight excluding hydrogens is 290 g/mol. The van der Waals surface area contributed by atoms with Gasteiger partial charge in [0.15, 0.2) is 0 Å². The number of piperidine rings is 1. The molecule has 2 N–H and O–H groups in total. The van der Waals surface area contributed by atoms with Gasteiger partial charge in [0.05, 0.1) is 13.2 Å². The topological polar surface area (TPSA) is 58.8 Å². The number of primary amides is 1. The summed E-state index contributed by atoms with van der Waals surface area (Å²) in [5.74, 6) is 1.66. The van der Waals surface area contributed by atoms with E-state index < -0.39 is 0 Å². The summed E-state index contributed by atoms with van der Waals surface area (Å²) in [7, 11) is 0. The minimum Gasteiger partial charge on any atom is -0.379 e. The summed E-state index contributed by atoms with van der Waals surface area (Å²) in [5, 5.41) is 5.16. The highest BCUT2D eigenvalue weighted by Gasteiger charge is 2.64. The van der Waals surface area contributed by atoms with Crippen molar-refractivity contribution >= 4 is 5.91 Å². The predicted octanol–water partition coefficient (Wildman–Crippen LogP) is 1.77. The molecule has 3 atom stereocenters. The van der Waals surface area contributed by atoms with Gasteiger partial charge >= 0.3 is 0 Å². The molecule has 5 heteroatoms. The van der Waals surface area contributed by atoms with E-state index in [0.717, 1.165) is 57.5 Å². The van der Waals surface area contributed by atoms with Crippen LogP contribution in [0, 0.1) is 17.8 Å². The Morgan fingerprint density at radius 1 is 1.00 bits per heavy atom. The van der Waals surface area contributed by atoms with Crippen LogP contribution in [0.2, 0.25) is 0 Å². The normalized spacial score (nSPS) is 40.3. The Bertz CT molecular complexity index is 446. The van der Waals surface area contributed by atoms with Crippen LogP contribution in [0.3, 0.4) is 0 Å². The number of morpholine rings is 1. The Labute approximate surface area is 139 Å². The summed E-state index contributed by atoms with van der Waals surface area (Å²) in [6, 6.07) is 0. The van der Waals surface area contributed by atoms with Crippen molar-refractivity contribution in [2.75, 3.05) is 32.8 Å². The van der Waals surface area contributed by atoms with Gasteiger partial charge in [-0.2, -0.15) is 0 Å². The molecule has 2 saturated carbocycles. The lowest BCUT2D eigenvalue weighted by Crippen LogP contribution is -2.59. The van der Waals surface area contributed by atoms with Crippen molar-refractivity contribution in [3.63, 3.8) is 0 Å². The monoisotopic (exact) mass is 321 g/mol. The number of carbonyl (C=O) groups is 1. The first-order chi connectivity index (χ1) is 11.2. The van der Waals surface area contributed by atoms with Gasteiger partial charge in [-0.05, 0) is 31.1 Å². The van der Waals surface area contributed by atoms with Crippen molar-refractivity contribution in [2.45, 2.75) is 56.9 Å². The van der Waals surface area contributed by atoms with E-state index in [-0.39, 0.29) is 17.4 Å². The molecule has 0 aromatic carbocycles. The molecule has 2 saturated heterocycles. The van der Waals surface area contributed by atoms with Crippen LogP contribution in [0.1, 0.15) is 51.4 Å². The number of hydrogen-bond acceptors (Lipinski definition) is 4. The summed E-state index contributed by atoms with van der Waals surface area (Å²) in [4.78, 5) is 11.8. The van der Waals surface area contributed by atoms with Crippen LogP contribution < -0.4 is 5.73 Å². The molecule has 23 heavy (non-hydrogen) atoms. The number of hydrazine groups is 1. The molecule has 2 aliphatic heterocycles. The average molecular weight is 321 g/mol. The standard InChI is InChI=1S/C18H31N3O2/c19-17(22)15-6-7-21(20-8-10-23-11-9-20)18(12-15)13-16(18)14-4-2-1-3-5-14/h14-16H,1-13H2,(H2,19,22). The van der Waals surface area contributed by atoms with Crippen LogP contribution >= 0.6 is 0 Å². The number of hydrogen-bond donors (Lipinski definition) is 1. The largest absolute Gasteiger partial charge is 0.379 e. The summed E-state index contributed by atoms with van der Waals surface area (Å²) in [6.45, 7) is 4.66. The van der Waals surface area contributed by atoms with E-state index in [2.05, 4.69) is 10.0 Å². The van der Waals surface area contributed by atoms with E-state index in [1.807, 2.05) is 0 Å². The number of carbonyl (C=O) groups excluding carboxylic acids is 1. The van der Waals surface area contributed by atoms with Crippen LogP contribution in [0.25, 0.3) is 0 Å². The summed E-state index contributed by atoms with van der Waals surface area (Å²) in [6.07, 6.45) is 10.2.